The van der Waals surface area contributed by atoms with Gasteiger partial charge in [0, 0.05) is 185 Å². The van der Waals surface area contributed by atoms with E-state index in [9.17, 15) is 24.0 Å². The van der Waals surface area contributed by atoms with Gasteiger partial charge in [-0.05, 0) is 298 Å². The SMILES string of the molecule is CC(C)(N)CNC(=O)c1ccc(Nc2nc3c(-c4cccc(Cl)c4)cccn3n2)cc1.CN(C)CCNC(=O)c1ccc(Nc2nc3c(-c4cccc(Cl)c4)cccn3n2)cc1.CNC(=O)c1ccc(Nc2nc3c(-c4cccc(Cl)c4)cccn3n2)cc1.NC(=O)c1ccc(Nc2nc3c(-c4cccc(Cl)c4)cccn3n2)cc1.NCCNC(=O)c1ccc(Nc2nc3c(-c4cccc(Cl)c4)cccn3n2)cc1. The number of pyridine rings is 5. The summed E-state index contributed by atoms with van der Waals surface area (Å²) in [4.78, 5) is 84.3. The Hall–Kier alpha value is -17.0. The van der Waals surface area contributed by atoms with E-state index in [4.69, 9.17) is 75.2 Å². The molecule has 0 aliphatic rings. The average Bonchev–Trinajstić information content (AvgIpc) is 1.61. The van der Waals surface area contributed by atoms with E-state index in [1.165, 1.54) is 0 Å². The molecule has 0 aliphatic carbocycles. The number of primary amides is 1. The van der Waals surface area contributed by atoms with Crippen LogP contribution in [0.25, 0.3) is 83.9 Å². The minimum atomic E-state index is -0.464. The number of amides is 5. The lowest BCUT2D eigenvalue weighted by Crippen LogP contribution is -2.45. The van der Waals surface area contributed by atoms with Crippen LogP contribution >= 0.6 is 58.0 Å². The maximum atomic E-state index is 12.3. The molecule has 0 unspecified atom stereocenters. The highest BCUT2D eigenvalue weighted by molar-refractivity contribution is 6.32. The van der Waals surface area contributed by atoms with Gasteiger partial charge in [-0.1, -0.05) is 119 Å². The average molecular weight is 2020 g/mol. The van der Waals surface area contributed by atoms with Crippen LogP contribution in [-0.2, 0) is 0 Å². The summed E-state index contributed by atoms with van der Waals surface area (Å²) in [5.41, 5.74) is 35.9. The van der Waals surface area contributed by atoms with Gasteiger partial charge in [0.1, 0.15) is 0 Å². The highest BCUT2D eigenvalue weighted by Crippen LogP contribution is 2.35. The molecule has 38 heteroatoms. The summed E-state index contributed by atoms with van der Waals surface area (Å²) in [5.74, 6) is 1.30. The van der Waals surface area contributed by atoms with Crippen molar-refractivity contribution in [1.82, 2.24) is 99.2 Å². The van der Waals surface area contributed by atoms with E-state index in [0.29, 0.717) is 120 Å². The summed E-state index contributed by atoms with van der Waals surface area (Å²) in [5, 5.41) is 52.7. The van der Waals surface area contributed by atoms with Gasteiger partial charge in [0.2, 0.25) is 35.6 Å². The number of fused-ring (bicyclic) bond motifs is 5. The van der Waals surface area contributed by atoms with E-state index < -0.39 is 11.4 Å². The normalized spacial score (nSPS) is 11.0. The predicted octanol–water partition coefficient (Wildman–Crippen LogP) is 19.9. The van der Waals surface area contributed by atoms with Gasteiger partial charge in [-0.25, -0.2) is 22.6 Å². The van der Waals surface area contributed by atoms with E-state index in [0.717, 1.165) is 108 Å². The van der Waals surface area contributed by atoms with Crippen LogP contribution in [0.1, 0.15) is 65.6 Å². The molecule has 0 aliphatic heterocycles. The number of halogens is 5. The van der Waals surface area contributed by atoms with Gasteiger partial charge in [0.05, 0.1) is 0 Å². The van der Waals surface area contributed by atoms with E-state index >= 15 is 0 Å². The third-order valence-electron chi connectivity index (χ3n) is 21.7. The largest absolute Gasteiger partial charge is 0.366 e. The van der Waals surface area contributed by atoms with Crippen molar-refractivity contribution in [2.75, 3.05) is 80.5 Å². The molecule has 724 valence electrons. The fourth-order valence-corrected chi connectivity index (χ4v) is 15.7. The lowest BCUT2D eigenvalue weighted by Gasteiger charge is -2.18. The van der Waals surface area contributed by atoms with Crippen LogP contribution in [0.15, 0.2) is 334 Å². The third kappa shape index (κ3) is 26.2. The number of nitrogens with zero attached hydrogens (tertiary/aromatic N) is 16. The van der Waals surface area contributed by atoms with Gasteiger partial charge in [0.25, 0.3) is 23.6 Å². The molecular weight excluding hydrogens is 1920 g/mol. The molecule has 10 aromatic heterocycles. The Bertz CT molecular complexity index is 7970. The summed E-state index contributed by atoms with van der Waals surface area (Å²) in [7, 11) is 5.54. The maximum Gasteiger partial charge on any atom is 0.251 e. The summed E-state index contributed by atoms with van der Waals surface area (Å²) in [6, 6.07) is 93.0. The number of nitrogens with two attached hydrogens (primary N) is 3. The maximum absolute atomic E-state index is 12.3. The first-order chi connectivity index (χ1) is 69.6. The van der Waals surface area contributed by atoms with Crippen molar-refractivity contribution in [3.05, 3.63) is 387 Å². The van der Waals surface area contributed by atoms with Crippen LogP contribution in [0.4, 0.5) is 58.2 Å². The molecule has 0 radical (unpaired) electrons. The highest BCUT2D eigenvalue weighted by atomic mass is 35.5. The van der Waals surface area contributed by atoms with Gasteiger partial charge in [-0.3, -0.25) is 24.0 Å². The molecule has 33 nitrogen and oxygen atoms in total. The van der Waals surface area contributed by atoms with Crippen molar-refractivity contribution in [2.24, 2.45) is 17.2 Å². The Morgan fingerprint density at radius 1 is 0.319 bits per heavy atom. The van der Waals surface area contributed by atoms with Crippen LogP contribution in [0, 0.1) is 0 Å². The van der Waals surface area contributed by atoms with E-state index in [1.807, 2.05) is 282 Å². The van der Waals surface area contributed by atoms with Crippen molar-refractivity contribution < 1.29 is 24.0 Å². The van der Waals surface area contributed by atoms with Gasteiger partial charge >= 0.3 is 0 Å². The van der Waals surface area contributed by atoms with Gasteiger partial charge in [-0.15, -0.1) is 25.5 Å². The second-order valence-electron chi connectivity index (χ2n) is 33.4. The van der Waals surface area contributed by atoms with Crippen molar-refractivity contribution in [3.63, 3.8) is 0 Å². The Labute approximate surface area is 851 Å². The Morgan fingerprint density at radius 2 is 0.556 bits per heavy atom. The number of likely N-dealkylation sites (N-methyl/N-ethyl adjacent to an activating group) is 1. The van der Waals surface area contributed by atoms with Gasteiger partial charge in [-0.2, -0.15) is 24.9 Å². The quantitative estimate of drug-likeness (QED) is 0.0227. The zero-order valence-electron chi connectivity index (χ0n) is 78.1. The van der Waals surface area contributed by atoms with Crippen LogP contribution in [0.2, 0.25) is 25.1 Å². The smallest absolute Gasteiger partial charge is 0.251 e. The monoisotopic (exact) mass is 2010 g/mol. The summed E-state index contributed by atoms with van der Waals surface area (Å²) in [6.07, 6.45) is 9.21. The number of anilines is 10. The van der Waals surface area contributed by atoms with Gasteiger partial charge < -0.3 is 70.0 Å². The molecule has 10 aromatic carbocycles. The number of hydrogen-bond acceptors (Lipinski definition) is 23. The molecule has 0 spiro atoms. The lowest BCUT2D eigenvalue weighted by molar-refractivity contribution is 0.0940. The van der Waals surface area contributed by atoms with Crippen molar-refractivity contribution in [3.8, 4) is 55.6 Å². The Balaban J connectivity index is 0.000000129. The molecule has 0 bridgehead atoms. The number of benzene rings is 10. The molecule has 20 aromatic rings. The molecule has 0 atom stereocenters. The first-order valence-corrected chi connectivity index (χ1v) is 47.0. The number of aromatic nitrogens is 15. The third-order valence-corrected chi connectivity index (χ3v) is 22.9. The van der Waals surface area contributed by atoms with Crippen molar-refractivity contribution >= 4 is 174 Å². The molecule has 5 amide bonds. The zero-order valence-corrected chi connectivity index (χ0v) is 81.9. The van der Waals surface area contributed by atoms with Gasteiger partial charge in [0.15, 0.2) is 28.2 Å². The molecule has 0 fully saturated rings. The molecular formula is C106H95Cl5N28O5. The van der Waals surface area contributed by atoms with Crippen molar-refractivity contribution in [2.45, 2.75) is 19.4 Å². The van der Waals surface area contributed by atoms with Crippen LogP contribution in [-0.4, -0.2) is 167 Å². The van der Waals surface area contributed by atoms with Crippen LogP contribution < -0.4 is 65.1 Å². The Morgan fingerprint density at radius 3 is 0.778 bits per heavy atom. The fourth-order valence-electron chi connectivity index (χ4n) is 14.7. The molecule has 15 N–H and O–H groups in total. The minimum absolute atomic E-state index is 0.0922. The predicted molar refractivity (Wildman–Crippen MR) is 571 cm³/mol. The minimum Gasteiger partial charge on any atom is -0.366 e. The number of hydrogen-bond donors (Lipinski definition) is 12. The van der Waals surface area contributed by atoms with E-state index in [2.05, 4.69) is 98.3 Å². The van der Waals surface area contributed by atoms with Crippen LogP contribution in [0.5, 0.6) is 0 Å². The van der Waals surface area contributed by atoms with Crippen LogP contribution in [0.3, 0.4) is 0 Å². The molecule has 0 saturated heterocycles. The van der Waals surface area contributed by atoms with Crippen molar-refractivity contribution in [1.29, 1.82) is 0 Å². The summed E-state index contributed by atoms with van der Waals surface area (Å²) < 4.78 is 8.58. The highest BCUT2D eigenvalue weighted by Gasteiger charge is 2.21. The number of nitrogens with one attached hydrogen (secondary N) is 9. The first kappa shape index (κ1) is 100.0. The second kappa shape index (κ2) is 46.4. The number of carbonyl (C=O) groups excluding carboxylic acids is 5. The molecule has 20 rings (SSSR count). The lowest BCUT2D eigenvalue weighted by atomic mass is 10.1. The number of carbonyl (C=O) groups is 5. The topological polar surface area (TPSA) is 426 Å². The van der Waals surface area contributed by atoms with E-state index in [1.54, 1.807) is 115 Å². The summed E-state index contributed by atoms with van der Waals surface area (Å²) >= 11 is 30.7. The second-order valence-corrected chi connectivity index (χ2v) is 35.6. The fraction of sp³-hybridized carbons (Fsp3) is 0.104. The van der Waals surface area contributed by atoms with E-state index in [-0.39, 0.29) is 23.6 Å². The first-order valence-electron chi connectivity index (χ1n) is 45.1. The standard InChI is InChI=1S/2C23H23ClN6O.C21H19ClN6O.C20H16ClN5O.C19H14ClN5O/c1-29(2)14-12-25-22(31)16-8-10-19(11-9-16)26-23-27-21-20(7-4-13-30(21)28-23)17-5-3-6-18(24)15-17;1-23(2,25)14-26-21(31)15-8-10-18(11-9-15)27-22-28-20-19(7-4-12-30(20)29-22)16-5-3-6-17(24)13-16;22-16-4-1-3-15(13-16)18-5-2-12-28-19(18)26-21(27-28)25-17-8-6-14(7-9-17)20(29)24-11-10-23;1-22-19(27)13-7-9-16(10-8-13)23-20-24-18-17(6-3-11-26(18)25-20)14-4-2-5-15(21)12-14;20-14-4-1-3-13(11-14)16-5-2-10-25-18(16)23-19(24-25)22-15-8-6-12(7-9-15)17(21)26/h3-11,13,15H,12,14H2,1-2H3,(H,25,31)(H,26,28);3-13H,14,25H2,1-2H3,(H,26,31)(H,27,29);1-9,12-13H,10-11,23H2,(H,24,29)(H,25,27);2-12H,1H3,(H,22,27)(H,23,25);1-11H,(H2,21,26)(H,22,24). The number of rotatable bonds is 27. The molecule has 144 heavy (non-hydrogen) atoms. The molecule has 0 saturated carbocycles. The summed E-state index contributed by atoms with van der Waals surface area (Å²) in [6.45, 7) is 6.36. The Kier molecular flexibility index (Phi) is 32.2. The zero-order chi connectivity index (χ0) is 101. The molecule has 10 heterocycles.